The molecule has 0 spiro atoms. The second kappa shape index (κ2) is 4.79. The summed E-state index contributed by atoms with van der Waals surface area (Å²) in [6.45, 7) is 2.57. The van der Waals surface area contributed by atoms with E-state index < -0.39 is 6.04 Å². The van der Waals surface area contributed by atoms with E-state index in [-0.39, 0.29) is 5.91 Å². The summed E-state index contributed by atoms with van der Waals surface area (Å²) < 4.78 is 5.47. The Labute approximate surface area is 115 Å². The number of likely N-dealkylation sites (N-methyl/N-ethyl adjacent to an activating group) is 1. The molecule has 0 aromatic carbocycles. The number of nitrogens with one attached hydrogen (secondary N) is 1. The second-order valence-electron chi connectivity index (χ2n) is 4.50. The molecule has 1 aliphatic heterocycles. The maximum Gasteiger partial charge on any atom is 0.253 e. The number of carbonyl (C=O) groups excluding carboxylic acids is 1. The van der Waals surface area contributed by atoms with Crippen LogP contribution in [-0.4, -0.2) is 24.5 Å². The van der Waals surface area contributed by atoms with E-state index in [0.717, 1.165) is 28.6 Å². The third-order valence-corrected chi connectivity index (χ3v) is 4.09. The van der Waals surface area contributed by atoms with Crippen LogP contribution in [0.1, 0.15) is 22.4 Å². The zero-order valence-corrected chi connectivity index (χ0v) is 11.7. The van der Waals surface area contributed by atoms with Gasteiger partial charge in [0.1, 0.15) is 17.6 Å². The molecule has 1 atom stereocenters. The van der Waals surface area contributed by atoms with Crippen molar-refractivity contribution in [2.24, 2.45) is 0 Å². The predicted octanol–water partition coefficient (Wildman–Crippen LogP) is 1.89. The zero-order chi connectivity index (χ0) is 13.4. The van der Waals surface area contributed by atoms with Crippen molar-refractivity contribution in [2.45, 2.75) is 19.4 Å². The van der Waals surface area contributed by atoms with Gasteiger partial charge in [-0.2, -0.15) is 0 Å². The van der Waals surface area contributed by atoms with Gasteiger partial charge in [0.15, 0.2) is 0 Å². The van der Waals surface area contributed by atoms with Crippen molar-refractivity contribution in [3.63, 3.8) is 0 Å². The quantitative estimate of drug-likeness (QED) is 0.910. The van der Waals surface area contributed by atoms with E-state index in [2.05, 4.69) is 10.3 Å². The highest BCUT2D eigenvalue weighted by Crippen LogP contribution is 2.29. The number of thiazole rings is 1. The van der Waals surface area contributed by atoms with E-state index in [4.69, 9.17) is 4.42 Å². The Morgan fingerprint density at radius 3 is 3.11 bits per heavy atom. The average molecular weight is 277 g/mol. The standard InChI is InChI=1S/C13H15N3O2S/c1-8-15-10(7-19-8)16-5-3-9-4-6-18-12(9)11(14-2)13(16)17/h4,6-7,11,14H,3,5H2,1-2H3. The number of furan rings is 1. The first-order valence-electron chi connectivity index (χ1n) is 6.17. The maximum atomic E-state index is 12.6. The normalized spacial score (nSPS) is 19.4. The molecule has 0 saturated heterocycles. The molecule has 0 fully saturated rings. The molecule has 100 valence electrons. The van der Waals surface area contributed by atoms with Crippen molar-refractivity contribution in [1.29, 1.82) is 0 Å². The fraction of sp³-hybridized carbons (Fsp3) is 0.385. The van der Waals surface area contributed by atoms with Gasteiger partial charge in [-0.05, 0) is 32.0 Å². The molecule has 2 aromatic rings. The zero-order valence-electron chi connectivity index (χ0n) is 10.8. The summed E-state index contributed by atoms with van der Waals surface area (Å²) in [7, 11) is 1.77. The van der Waals surface area contributed by atoms with Gasteiger partial charge in [-0.15, -0.1) is 11.3 Å². The van der Waals surface area contributed by atoms with Crippen molar-refractivity contribution < 1.29 is 9.21 Å². The van der Waals surface area contributed by atoms with E-state index in [1.807, 2.05) is 18.4 Å². The Balaban J connectivity index is 1.98. The Hall–Kier alpha value is -1.66. The van der Waals surface area contributed by atoms with Crippen LogP contribution in [0.15, 0.2) is 22.1 Å². The van der Waals surface area contributed by atoms with E-state index >= 15 is 0 Å². The molecule has 0 aliphatic carbocycles. The molecule has 0 bridgehead atoms. The number of carbonyl (C=O) groups is 1. The van der Waals surface area contributed by atoms with Crippen molar-refractivity contribution in [3.8, 4) is 0 Å². The highest BCUT2D eigenvalue weighted by Gasteiger charge is 2.33. The van der Waals surface area contributed by atoms with Crippen LogP contribution in [0.25, 0.3) is 0 Å². The van der Waals surface area contributed by atoms with Crippen LogP contribution in [-0.2, 0) is 11.2 Å². The number of amides is 1. The van der Waals surface area contributed by atoms with Gasteiger partial charge >= 0.3 is 0 Å². The molecule has 6 heteroatoms. The van der Waals surface area contributed by atoms with Gasteiger partial charge in [-0.3, -0.25) is 9.69 Å². The van der Waals surface area contributed by atoms with Gasteiger partial charge in [-0.1, -0.05) is 0 Å². The average Bonchev–Trinajstić information content (AvgIpc) is 2.98. The summed E-state index contributed by atoms with van der Waals surface area (Å²) >= 11 is 1.55. The van der Waals surface area contributed by atoms with Crippen molar-refractivity contribution in [1.82, 2.24) is 10.3 Å². The van der Waals surface area contributed by atoms with E-state index in [0.29, 0.717) is 6.54 Å². The molecule has 5 nitrogen and oxygen atoms in total. The summed E-state index contributed by atoms with van der Waals surface area (Å²) in [5, 5.41) is 5.92. The van der Waals surface area contributed by atoms with Gasteiger partial charge < -0.3 is 9.73 Å². The predicted molar refractivity (Wildman–Crippen MR) is 73.4 cm³/mol. The largest absolute Gasteiger partial charge is 0.467 e. The Bertz CT molecular complexity index is 605. The minimum Gasteiger partial charge on any atom is -0.467 e. The molecule has 0 saturated carbocycles. The number of hydrogen-bond acceptors (Lipinski definition) is 5. The fourth-order valence-corrected chi connectivity index (χ4v) is 2.98. The summed E-state index contributed by atoms with van der Waals surface area (Å²) in [6.07, 6.45) is 2.43. The molecule has 1 N–H and O–H groups in total. The van der Waals surface area contributed by atoms with E-state index in [1.54, 1.807) is 29.5 Å². The molecule has 2 aromatic heterocycles. The summed E-state index contributed by atoms with van der Waals surface area (Å²) in [4.78, 5) is 18.8. The number of aryl methyl sites for hydroxylation is 1. The Morgan fingerprint density at radius 2 is 2.42 bits per heavy atom. The molecular weight excluding hydrogens is 262 g/mol. The lowest BCUT2D eigenvalue weighted by Gasteiger charge is -2.21. The summed E-state index contributed by atoms with van der Waals surface area (Å²) in [6, 6.07) is 1.50. The van der Waals surface area contributed by atoms with Crippen LogP contribution in [0, 0.1) is 6.92 Å². The highest BCUT2D eigenvalue weighted by atomic mass is 32.1. The van der Waals surface area contributed by atoms with Crippen LogP contribution < -0.4 is 10.2 Å². The monoisotopic (exact) mass is 277 g/mol. The van der Waals surface area contributed by atoms with Crippen molar-refractivity contribution in [2.75, 3.05) is 18.5 Å². The first kappa shape index (κ1) is 12.4. The van der Waals surface area contributed by atoms with Crippen LogP contribution in [0.3, 0.4) is 0 Å². The number of hydrogen-bond donors (Lipinski definition) is 1. The third kappa shape index (κ3) is 2.06. The van der Waals surface area contributed by atoms with Crippen molar-refractivity contribution >= 4 is 23.1 Å². The Morgan fingerprint density at radius 1 is 1.58 bits per heavy atom. The van der Waals surface area contributed by atoms with Crippen molar-refractivity contribution in [3.05, 3.63) is 34.0 Å². The molecular formula is C13H15N3O2S. The second-order valence-corrected chi connectivity index (χ2v) is 5.56. The summed E-state index contributed by atoms with van der Waals surface area (Å²) in [5.41, 5.74) is 1.09. The SMILES string of the molecule is CNC1C(=O)N(c2csc(C)n2)CCc2ccoc21. The smallest absolute Gasteiger partial charge is 0.253 e. The van der Waals surface area contributed by atoms with E-state index in [1.165, 1.54) is 0 Å². The topological polar surface area (TPSA) is 58.4 Å². The number of anilines is 1. The highest BCUT2D eigenvalue weighted by molar-refractivity contribution is 7.09. The lowest BCUT2D eigenvalue weighted by atomic mass is 10.1. The number of nitrogens with zero attached hydrogens (tertiary/aromatic N) is 2. The fourth-order valence-electron chi connectivity index (χ4n) is 2.38. The van der Waals surface area contributed by atoms with Gasteiger partial charge in [0.2, 0.25) is 0 Å². The molecule has 19 heavy (non-hydrogen) atoms. The molecule has 1 unspecified atom stereocenters. The van der Waals surface area contributed by atoms with Gasteiger partial charge in [0, 0.05) is 11.9 Å². The van der Waals surface area contributed by atoms with Crippen LogP contribution in [0.2, 0.25) is 0 Å². The molecule has 1 amide bonds. The lowest BCUT2D eigenvalue weighted by molar-refractivity contribution is -0.120. The minimum atomic E-state index is -0.436. The van der Waals surface area contributed by atoms with Gasteiger partial charge in [0.25, 0.3) is 5.91 Å². The maximum absolute atomic E-state index is 12.6. The minimum absolute atomic E-state index is 0.0125. The third-order valence-electron chi connectivity index (χ3n) is 3.33. The van der Waals surface area contributed by atoms with Gasteiger partial charge in [-0.25, -0.2) is 4.98 Å². The molecule has 1 aliphatic rings. The first-order chi connectivity index (χ1) is 9.20. The molecule has 3 heterocycles. The van der Waals surface area contributed by atoms with Crippen LogP contribution >= 0.6 is 11.3 Å². The molecule has 3 rings (SSSR count). The lowest BCUT2D eigenvalue weighted by Crippen LogP contribution is -2.39. The van der Waals surface area contributed by atoms with Crippen LogP contribution in [0.5, 0.6) is 0 Å². The summed E-state index contributed by atoms with van der Waals surface area (Å²) in [5.74, 6) is 1.45. The number of fused-ring (bicyclic) bond motifs is 1. The van der Waals surface area contributed by atoms with E-state index in [9.17, 15) is 4.79 Å². The number of aromatic nitrogens is 1. The Kier molecular flexibility index (Phi) is 3.12. The number of rotatable bonds is 2. The first-order valence-corrected chi connectivity index (χ1v) is 7.05. The van der Waals surface area contributed by atoms with Crippen LogP contribution in [0.4, 0.5) is 5.82 Å². The molecule has 0 radical (unpaired) electrons. The van der Waals surface area contributed by atoms with Gasteiger partial charge in [0.05, 0.1) is 11.3 Å².